The van der Waals surface area contributed by atoms with Crippen molar-refractivity contribution in [3.8, 4) is 0 Å². The number of hydrogen-bond donors (Lipinski definition) is 3. The number of halogens is 1. The first-order valence-corrected chi connectivity index (χ1v) is 8.08. The Morgan fingerprint density at radius 2 is 1.92 bits per heavy atom. The Morgan fingerprint density at radius 3 is 2.64 bits per heavy atom. The molecule has 0 aliphatic carbocycles. The first kappa shape index (κ1) is 15.5. The van der Waals surface area contributed by atoms with Crippen LogP contribution < -0.4 is 15.8 Å². The first-order chi connectivity index (χ1) is 12.0. The average Bonchev–Trinajstić information content (AvgIpc) is 2.60. The van der Waals surface area contributed by atoms with Gasteiger partial charge in [-0.3, -0.25) is 15.2 Å². The van der Waals surface area contributed by atoms with E-state index in [1.165, 1.54) is 12.1 Å². The van der Waals surface area contributed by atoms with E-state index in [2.05, 4.69) is 10.7 Å². The molecule has 126 valence electrons. The Bertz CT molecular complexity index is 922. The van der Waals surface area contributed by atoms with Gasteiger partial charge in [0.25, 0.3) is 5.91 Å². The summed E-state index contributed by atoms with van der Waals surface area (Å²) in [5.41, 5.74) is 7.21. The van der Waals surface area contributed by atoms with E-state index in [0.717, 1.165) is 22.5 Å². The number of carboxylic acid groups (broad SMARTS) is 1. The minimum atomic E-state index is -0.981. The predicted octanol–water partition coefficient (Wildman–Crippen LogP) is 2.81. The maximum atomic E-state index is 12.5. The van der Waals surface area contributed by atoms with Crippen LogP contribution in [0.4, 0.5) is 11.4 Å². The molecule has 2 aliphatic heterocycles. The molecule has 1 amide bonds. The molecule has 7 heteroatoms. The fraction of sp³-hybridized carbons (Fsp3) is 0.111. The summed E-state index contributed by atoms with van der Waals surface area (Å²) in [6.07, 6.45) is 0.659. The number of fused-ring (bicyclic) bond motifs is 1. The van der Waals surface area contributed by atoms with E-state index in [4.69, 9.17) is 16.7 Å². The minimum absolute atomic E-state index is 0.206. The molecule has 4 rings (SSSR count). The molecule has 0 spiro atoms. The van der Waals surface area contributed by atoms with Gasteiger partial charge in [-0.15, -0.1) is 0 Å². The molecular formula is C18H14ClN3O3. The summed E-state index contributed by atoms with van der Waals surface area (Å²) >= 11 is 6.02. The van der Waals surface area contributed by atoms with Crippen molar-refractivity contribution in [2.24, 2.45) is 0 Å². The average molecular weight is 356 g/mol. The van der Waals surface area contributed by atoms with Crippen LogP contribution in [0.25, 0.3) is 0 Å². The first-order valence-electron chi connectivity index (χ1n) is 7.70. The van der Waals surface area contributed by atoms with Gasteiger partial charge >= 0.3 is 5.97 Å². The Kier molecular flexibility index (Phi) is 3.62. The SMILES string of the molecule is O=C1NN(c2ccc(C(=O)O)cc2)CC2=C1Nc1cc(Cl)ccc1C2. The Labute approximate surface area is 148 Å². The van der Waals surface area contributed by atoms with Gasteiger partial charge in [-0.05, 0) is 54.0 Å². The van der Waals surface area contributed by atoms with Crippen LogP contribution in [0, 0.1) is 0 Å². The van der Waals surface area contributed by atoms with E-state index >= 15 is 0 Å². The number of hydrogen-bond acceptors (Lipinski definition) is 4. The van der Waals surface area contributed by atoms with Crippen molar-refractivity contribution < 1.29 is 14.7 Å². The Hall–Kier alpha value is -2.99. The van der Waals surface area contributed by atoms with E-state index < -0.39 is 5.97 Å². The molecule has 2 aromatic rings. The van der Waals surface area contributed by atoms with Gasteiger partial charge in [0, 0.05) is 10.7 Å². The van der Waals surface area contributed by atoms with Gasteiger partial charge in [0.05, 0.1) is 17.8 Å². The van der Waals surface area contributed by atoms with Gasteiger partial charge in [0.2, 0.25) is 0 Å². The van der Waals surface area contributed by atoms with Gasteiger partial charge in [-0.25, -0.2) is 4.79 Å². The maximum absolute atomic E-state index is 12.5. The summed E-state index contributed by atoms with van der Waals surface area (Å²) in [5.74, 6) is -1.21. The van der Waals surface area contributed by atoms with Crippen molar-refractivity contribution >= 4 is 34.9 Å². The van der Waals surface area contributed by atoms with Crippen LogP contribution in [0.5, 0.6) is 0 Å². The number of carbonyl (C=O) groups excluding carboxylic acids is 1. The lowest BCUT2D eigenvalue weighted by molar-refractivity contribution is -0.117. The van der Waals surface area contributed by atoms with Crippen molar-refractivity contribution in [2.45, 2.75) is 6.42 Å². The topological polar surface area (TPSA) is 81.7 Å². The number of aromatic carboxylic acids is 1. The lowest BCUT2D eigenvalue weighted by Crippen LogP contribution is -2.50. The second-order valence-corrected chi connectivity index (χ2v) is 6.40. The van der Waals surface area contributed by atoms with Gasteiger partial charge < -0.3 is 10.4 Å². The number of carbonyl (C=O) groups is 2. The number of nitrogens with zero attached hydrogens (tertiary/aromatic N) is 1. The molecule has 0 saturated heterocycles. The van der Waals surface area contributed by atoms with Gasteiger partial charge in [0.1, 0.15) is 5.70 Å². The third-order valence-corrected chi connectivity index (χ3v) is 4.56. The molecule has 0 unspecified atom stereocenters. The van der Waals surface area contributed by atoms with Crippen LogP contribution in [-0.2, 0) is 11.2 Å². The summed E-state index contributed by atoms with van der Waals surface area (Å²) in [6, 6.07) is 12.0. The molecule has 0 radical (unpaired) electrons. The van der Waals surface area contributed by atoms with Crippen molar-refractivity contribution in [1.29, 1.82) is 0 Å². The lowest BCUT2D eigenvalue weighted by Gasteiger charge is -2.35. The van der Waals surface area contributed by atoms with Crippen molar-refractivity contribution in [2.75, 3.05) is 16.9 Å². The zero-order valence-electron chi connectivity index (χ0n) is 13.0. The molecule has 2 heterocycles. The molecule has 2 aliphatic rings. The predicted molar refractivity (Wildman–Crippen MR) is 94.7 cm³/mol. The minimum Gasteiger partial charge on any atom is -0.478 e. The van der Waals surface area contributed by atoms with Crippen molar-refractivity contribution in [1.82, 2.24) is 5.43 Å². The van der Waals surface area contributed by atoms with Crippen LogP contribution in [0.1, 0.15) is 15.9 Å². The van der Waals surface area contributed by atoms with Gasteiger partial charge in [0.15, 0.2) is 0 Å². The molecule has 0 saturated carbocycles. The van der Waals surface area contributed by atoms with Crippen LogP contribution >= 0.6 is 11.6 Å². The third kappa shape index (κ3) is 2.81. The van der Waals surface area contributed by atoms with Crippen molar-refractivity contribution in [3.63, 3.8) is 0 Å². The highest BCUT2D eigenvalue weighted by Gasteiger charge is 2.29. The van der Waals surface area contributed by atoms with Crippen molar-refractivity contribution in [3.05, 3.63) is 69.9 Å². The molecule has 0 atom stereocenters. The molecule has 2 aromatic carbocycles. The van der Waals surface area contributed by atoms with E-state index in [-0.39, 0.29) is 11.5 Å². The summed E-state index contributed by atoms with van der Waals surface area (Å²) in [4.78, 5) is 23.4. The van der Waals surface area contributed by atoms with Crippen LogP contribution in [0.2, 0.25) is 5.02 Å². The number of nitrogens with one attached hydrogen (secondary N) is 2. The third-order valence-electron chi connectivity index (χ3n) is 4.33. The van der Waals surface area contributed by atoms with Crippen LogP contribution in [0.15, 0.2) is 53.7 Å². The highest BCUT2D eigenvalue weighted by Crippen LogP contribution is 2.32. The Balaban J connectivity index is 1.61. The molecule has 25 heavy (non-hydrogen) atoms. The normalized spacial score (nSPS) is 15.9. The van der Waals surface area contributed by atoms with E-state index in [1.807, 2.05) is 18.2 Å². The van der Waals surface area contributed by atoms with Crippen LogP contribution in [-0.4, -0.2) is 23.5 Å². The molecule has 3 N–H and O–H groups in total. The zero-order chi connectivity index (χ0) is 17.6. The van der Waals surface area contributed by atoms with Gasteiger partial charge in [-0.2, -0.15) is 0 Å². The molecule has 0 bridgehead atoms. The molecule has 0 fully saturated rings. The lowest BCUT2D eigenvalue weighted by atomic mass is 9.95. The fourth-order valence-corrected chi connectivity index (χ4v) is 3.23. The smallest absolute Gasteiger partial charge is 0.335 e. The summed E-state index contributed by atoms with van der Waals surface area (Å²) in [6.45, 7) is 0.516. The second kappa shape index (κ2) is 5.82. The summed E-state index contributed by atoms with van der Waals surface area (Å²) < 4.78 is 0. The zero-order valence-corrected chi connectivity index (χ0v) is 13.8. The highest BCUT2D eigenvalue weighted by atomic mass is 35.5. The van der Waals surface area contributed by atoms with E-state index in [0.29, 0.717) is 23.7 Å². The molecular weight excluding hydrogens is 342 g/mol. The number of amides is 1. The second-order valence-electron chi connectivity index (χ2n) is 5.96. The largest absolute Gasteiger partial charge is 0.478 e. The quantitative estimate of drug-likeness (QED) is 0.771. The Morgan fingerprint density at radius 1 is 1.16 bits per heavy atom. The monoisotopic (exact) mass is 355 g/mol. The number of hydrazine groups is 1. The molecule has 0 aromatic heterocycles. The standard InChI is InChI=1S/C18H14ClN3O3/c19-13-4-1-11-7-12-9-22(14-5-2-10(3-6-14)18(24)25)21-17(23)16(12)20-15(11)8-13/h1-6,8,20H,7,9H2,(H,21,23)(H,24,25). The van der Waals surface area contributed by atoms with Crippen LogP contribution in [0.3, 0.4) is 0 Å². The summed E-state index contributed by atoms with van der Waals surface area (Å²) in [7, 11) is 0. The summed E-state index contributed by atoms with van der Waals surface area (Å²) in [5, 5.41) is 14.5. The number of anilines is 2. The van der Waals surface area contributed by atoms with Gasteiger partial charge in [-0.1, -0.05) is 17.7 Å². The number of benzene rings is 2. The molecule has 6 nitrogen and oxygen atoms in total. The highest BCUT2D eigenvalue weighted by molar-refractivity contribution is 6.31. The number of rotatable bonds is 2. The van der Waals surface area contributed by atoms with E-state index in [1.54, 1.807) is 17.1 Å². The fourth-order valence-electron chi connectivity index (χ4n) is 3.06. The maximum Gasteiger partial charge on any atom is 0.335 e. The van der Waals surface area contributed by atoms with E-state index in [9.17, 15) is 9.59 Å². The number of carboxylic acids is 1.